The second-order valence-corrected chi connectivity index (χ2v) is 7.73. The molecule has 1 aliphatic rings. The van der Waals surface area contributed by atoms with Gasteiger partial charge in [-0.3, -0.25) is 15.0 Å². The zero-order valence-electron chi connectivity index (χ0n) is 15.3. The summed E-state index contributed by atoms with van der Waals surface area (Å²) in [5.41, 5.74) is 1.12. The second-order valence-electron chi connectivity index (χ2n) is 6.87. The Morgan fingerprint density at radius 3 is 2.93 bits per heavy atom. The first kappa shape index (κ1) is 20.5. The quantitative estimate of drug-likeness (QED) is 0.775. The third-order valence-electron chi connectivity index (χ3n) is 4.28. The highest BCUT2D eigenvalue weighted by atomic mass is 32.1. The van der Waals surface area contributed by atoms with E-state index in [0.29, 0.717) is 11.0 Å². The monoisotopic (exact) mass is 414 g/mol. The molecule has 1 atom stereocenters. The van der Waals surface area contributed by atoms with Gasteiger partial charge in [0.25, 0.3) is 5.91 Å². The molecule has 0 spiro atoms. The molecule has 0 aromatic carbocycles. The number of halogens is 3. The number of anilines is 1. The molecule has 1 unspecified atom stereocenters. The van der Waals surface area contributed by atoms with Crippen LogP contribution in [-0.4, -0.2) is 46.6 Å². The average Bonchev–Trinajstić information content (AvgIpc) is 3.06. The van der Waals surface area contributed by atoms with Crippen molar-refractivity contribution in [1.29, 1.82) is 0 Å². The van der Waals surface area contributed by atoms with Crippen molar-refractivity contribution in [3.05, 3.63) is 35.0 Å². The maximum absolute atomic E-state index is 12.3. The topological polar surface area (TPSA) is 67.4 Å². The minimum Gasteiger partial charge on any atom is -0.468 e. The molecule has 0 saturated carbocycles. The van der Waals surface area contributed by atoms with Crippen molar-refractivity contribution in [1.82, 2.24) is 14.9 Å². The van der Waals surface area contributed by atoms with Gasteiger partial charge in [0, 0.05) is 30.7 Å². The Labute approximate surface area is 164 Å². The van der Waals surface area contributed by atoms with Crippen LogP contribution in [0.2, 0.25) is 0 Å². The van der Waals surface area contributed by atoms with Gasteiger partial charge in [0.05, 0.1) is 11.3 Å². The van der Waals surface area contributed by atoms with E-state index in [-0.39, 0.29) is 11.4 Å². The van der Waals surface area contributed by atoms with Gasteiger partial charge in [0.2, 0.25) is 5.88 Å². The molecule has 1 saturated heterocycles. The number of ether oxygens (including phenoxy) is 1. The number of nitrogens with zero attached hydrogens (tertiary/aromatic N) is 3. The van der Waals surface area contributed by atoms with Crippen LogP contribution in [0.3, 0.4) is 0 Å². The number of amides is 1. The Morgan fingerprint density at radius 1 is 1.43 bits per heavy atom. The van der Waals surface area contributed by atoms with E-state index in [1.54, 1.807) is 0 Å². The van der Waals surface area contributed by atoms with Gasteiger partial charge < -0.3 is 4.74 Å². The molecule has 1 amide bonds. The lowest BCUT2D eigenvalue weighted by Gasteiger charge is -2.30. The molecule has 152 valence electrons. The lowest BCUT2D eigenvalue weighted by atomic mass is 10.0. The Hall–Kier alpha value is -2.20. The molecule has 2 aromatic rings. The number of piperidine rings is 1. The predicted molar refractivity (Wildman–Crippen MR) is 99.5 cm³/mol. The van der Waals surface area contributed by atoms with Crippen molar-refractivity contribution >= 4 is 22.4 Å². The summed E-state index contributed by atoms with van der Waals surface area (Å²) in [6, 6.07) is 2.59. The summed E-state index contributed by atoms with van der Waals surface area (Å²) < 4.78 is 40.9. The van der Waals surface area contributed by atoms with Crippen molar-refractivity contribution in [2.75, 3.05) is 25.0 Å². The first-order valence-corrected chi connectivity index (χ1v) is 9.80. The van der Waals surface area contributed by atoms with E-state index in [1.807, 2.05) is 5.38 Å². The largest absolute Gasteiger partial charge is 0.468 e. The SMILES string of the molecule is CC1CCCN(Cc2csc(NC(=O)c3ccc(OCC(F)(F)F)nc3)n2)C1. The number of alkyl halides is 3. The molecule has 10 heteroatoms. The van der Waals surface area contributed by atoms with E-state index in [9.17, 15) is 18.0 Å². The normalized spacial score (nSPS) is 18.1. The fraction of sp³-hybridized carbons (Fsp3) is 0.500. The van der Waals surface area contributed by atoms with Crippen molar-refractivity contribution in [2.24, 2.45) is 5.92 Å². The van der Waals surface area contributed by atoms with Crippen LogP contribution in [0.5, 0.6) is 5.88 Å². The lowest BCUT2D eigenvalue weighted by molar-refractivity contribution is -0.154. The number of nitrogens with one attached hydrogen (secondary N) is 1. The van der Waals surface area contributed by atoms with E-state index < -0.39 is 18.7 Å². The number of likely N-dealkylation sites (tertiary alicyclic amines) is 1. The first-order valence-electron chi connectivity index (χ1n) is 8.92. The van der Waals surface area contributed by atoms with Crippen molar-refractivity contribution < 1.29 is 22.7 Å². The molecule has 1 fully saturated rings. The van der Waals surface area contributed by atoms with E-state index in [4.69, 9.17) is 0 Å². The zero-order valence-corrected chi connectivity index (χ0v) is 16.1. The molecule has 0 bridgehead atoms. The van der Waals surface area contributed by atoms with Gasteiger partial charge in [0.15, 0.2) is 11.7 Å². The van der Waals surface area contributed by atoms with Gasteiger partial charge in [0.1, 0.15) is 0 Å². The van der Waals surface area contributed by atoms with E-state index >= 15 is 0 Å². The van der Waals surface area contributed by atoms with Crippen molar-refractivity contribution in [3.8, 4) is 5.88 Å². The summed E-state index contributed by atoms with van der Waals surface area (Å²) in [7, 11) is 0. The zero-order chi connectivity index (χ0) is 20.1. The van der Waals surface area contributed by atoms with E-state index in [0.717, 1.165) is 25.3 Å². The number of carbonyl (C=O) groups is 1. The summed E-state index contributed by atoms with van der Waals surface area (Å²) in [6.45, 7) is 3.67. The molecular weight excluding hydrogens is 393 g/mol. The summed E-state index contributed by atoms with van der Waals surface area (Å²) in [5, 5.41) is 5.08. The Morgan fingerprint density at radius 2 is 2.25 bits per heavy atom. The Kier molecular flexibility index (Phi) is 6.50. The maximum atomic E-state index is 12.3. The number of carbonyl (C=O) groups excluding carboxylic acids is 1. The second kappa shape index (κ2) is 8.87. The van der Waals surface area contributed by atoms with Crippen LogP contribution < -0.4 is 10.1 Å². The fourth-order valence-electron chi connectivity index (χ4n) is 3.02. The van der Waals surface area contributed by atoms with Crippen LogP contribution in [0.25, 0.3) is 0 Å². The van der Waals surface area contributed by atoms with Crippen LogP contribution in [-0.2, 0) is 6.54 Å². The standard InChI is InChI=1S/C18H21F3N4O2S/c1-12-3-2-6-25(8-12)9-14-10-28-17(23-14)24-16(26)13-4-5-15(22-7-13)27-11-18(19,20)21/h4-5,7,10,12H,2-3,6,8-9,11H2,1H3,(H,23,24,26). The van der Waals surface area contributed by atoms with Crippen molar-refractivity contribution in [2.45, 2.75) is 32.5 Å². The number of hydrogen-bond donors (Lipinski definition) is 1. The third kappa shape index (κ3) is 6.16. The van der Waals surface area contributed by atoms with Gasteiger partial charge in [-0.25, -0.2) is 9.97 Å². The summed E-state index contributed by atoms with van der Waals surface area (Å²) in [6.07, 6.45) is -0.829. The third-order valence-corrected chi connectivity index (χ3v) is 5.09. The molecular formula is C18H21F3N4O2S. The molecule has 2 aromatic heterocycles. The average molecular weight is 414 g/mol. The highest BCUT2D eigenvalue weighted by molar-refractivity contribution is 7.13. The van der Waals surface area contributed by atoms with E-state index in [2.05, 4.69) is 31.8 Å². The summed E-state index contributed by atoms with van der Waals surface area (Å²) in [4.78, 5) is 22.8. The minimum absolute atomic E-state index is 0.193. The lowest BCUT2D eigenvalue weighted by Crippen LogP contribution is -2.33. The molecule has 28 heavy (non-hydrogen) atoms. The molecule has 0 radical (unpaired) electrons. The molecule has 0 aliphatic carbocycles. The Balaban J connectivity index is 1.52. The fourth-order valence-corrected chi connectivity index (χ4v) is 3.72. The van der Waals surface area contributed by atoms with Crippen molar-refractivity contribution in [3.63, 3.8) is 0 Å². The number of aromatic nitrogens is 2. The summed E-state index contributed by atoms with van der Waals surface area (Å²) >= 11 is 1.34. The predicted octanol–water partition coefficient (Wildman–Crippen LogP) is 3.96. The molecule has 6 nitrogen and oxygen atoms in total. The van der Waals surface area contributed by atoms with E-state index in [1.165, 1.54) is 42.5 Å². The highest BCUT2D eigenvalue weighted by Gasteiger charge is 2.28. The van der Waals surface area contributed by atoms with Gasteiger partial charge >= 0.3 is 6.18 Å². The van der Waals surface area contributed by atoms with Gasteiger partial charge in [-0.15, -0.1) is 11.3 Å². The van der Waals surface area contributed by atoms with Crippen LogP contribution in [0, 0.1) is 5.92 Å². The number of hydrogen-bond acceptors (Lipinski definition) is 6. The van der Waals surface area contributed by atoms with Gasteiger partial charge in [-0.1, -0.05) is 6.92 Å². The van der Waals surface area contributed by atoms with Crippen LogP contribution in [0.1, 0.15) is 35.8 Å². The number of pyridine rings is 1. The first-order chi connectivity index (χ1) is 13.3. The number of thiazole rings is 1. The van der Waals surface area contributed by atoms with Gasteiger partial charge in [-0.2, -0.15) is 13.2 Å². The molecule has 1 aliphatic heterocycles. The summed E-state index contributed by atoms with van der Waals surface area (Å²) in [5.74, 6) is 0.0608. The smallest absolute Gasteiger partial charge is 0.422 e. The highest BCUT2D eigenvalue weighted by Crippen LogP contribution is 2.22. The number of rotatable bonds is 6. The molecule has 3 heterocycles. The maximum Gasteiger partial charge on any atom is 0.422 e. The minimum atomic E-state index is -4.44. The molecule has 1 N–H and O–H groups in total. The Bertz CT molecular complexity index is 795. The van der Waals surface area contributed by atoms with Gasteiger partial charge in [-0.05, 0) is 31.4 Å². The van der Waals surface area contributed by atoms with Crippen LogP contribution in [0.4, 0.5) is 18.3 Å². The molecule has 3 rings (SSSR count). The van der Waals surface area contributed by atoms with Crippen LogP contribution in [0.15, 0.2) is 23.7 Å². The van der Waals surface area contributed by atoms with Crippen LogP contribution >= 0.6 is 11.3 Å².